The van der Waals surface area contributed by atoms with E-state index in [4.69, 9.17) is 14.2 Å². The third kappa shape index (κ3) is 4.37. The van der Waals surface area contributed by atoms with Crippen LogP contribution in [0, 0.1) is 5.92 Å². The second-order valence-corrected chi connectivity index (χ2v) is 4.84. The molecule has 1 N–H and O–H groups in total. The van der Waals surface area contributed by atoms with Gasteiger partial charge in [-0.25, -0.2) is 0 Å². The zero-order valence-corrected chi connectivity index (χ0v) is 10.9. The molecule has 96 valence electrons. The first kappa shape index (κ1) is 13.9. The summed E-state index contributed by atoms with van der Waals surface area (Å²) in [6.07, 6.45) is 0.875. The van der Waals surface area contributed by atoms with Gasteiger partial charge in [0.2, 0.25) is 0 Å². The maximum Gasteiger partial charge on any atom is 0.166 e. The van der Waals surface area contributed by atoms with E-state index in [2.05, 4.69) is 19.2 Å². The molecule has 0 spiro atoms. The summed E-state index contributed by atoms with van der Waals surface area (Å²) in [5.41, 5.74) is 0. The van der Waals surface area contributed by atoms with Crippen molar-refractivity contribution < 1.29 is 14.2 Å². The number of ether oxygens (including phenoxy) is 3. The highest BCUT2D eigenvalue weighted by atomic mass is 16.7. The van der Waals surface area contributed by atoms with E-state index in [1.54, 1.807) is 7.11 Å². The number of hydrogen-bond donors (Lipinski definition) is 1. The van der Waals surface area contributed by atoms with Crippen LogP contribution in [-0.4, -0.2) is 45.3 Å². The highest BCUT2D eigenvalue weighted by Gasteiger charge is 2.30. The van der Waals surface area contributed by atoms with Crippen LogP contribution < -0.4 is 5.32 Å². The second-order valence-electron chi connectivity index (χ2n) is 4.84. The summed E-state index contributed by atoms with van der Waals surface area (Å²) >= 11 is 0. The normalized spacial score (nSPS) is 21.6. The Kier molecular flexibility index (Phi) is 5.69. The summed E-state index contributed by atoms with van der Waals surface area (Å²) < 4.78 is 16.3. The number of hydrogen-bond acceptors (Lipinski definition) is 4. The van der Waals surface area contributed by atoms with Crippen molar-refractivity contribution in [3.63, 3.8) is 0 Å². The lowest BCUT2D eigenvalue weighted by Crippen LogP contribution is -2.41. The van der Waals surface area contributed by atoms with E-state index in [0.717, 1.165) is 19.6 Å². The van der Waals surface area contributed by atoms with Gasteiger partial charge in [0.25, 0.3) is 0 Å². The average molecular weight is 231 g/mol. The summed E-state index contributed by atoms with van der Waals surface area (Å²) in [5.74, 6) is 0.180. The molecule has 0 aromatic rings. The van der Waals surface area contributed by atoms with Gasteiger partial charge in [0.1, 0.15) is 0 Å². The van der Waals surface area contributed by atoms with Gasteiger partial charge in [-0.15, -0.1) is 0 Å². The summed E-state index contributed by atoms with van der Waals surface area (Å²) in [4.78, 5) is 0. The lowest BCUT2D eigenvalue weighted by atomic mass is 10.1. The lowest BCUT2D eigenvalue weighted by Gasteiger charge is -2.26. The van der Waals surface area contributed by atoms with Crippen molar-refractivity contribution in [2.24, 2.45) is 5.92 Å². The van der Waals surface area contributed by atoms with Crippen molar-refractivity contribution in [1.29, 1.82) is 0 Å². The van der Waals surface area contributed by atoms with Crippen LogP contribution in [0.5, 0.6) is 0 Å². The zero-order valence-electron chi connectivity index (χ0n) is 10.9. The Morgan fingerprint density at radius 2 is 1.94 bits per heavy atom. The number of rotatable bonds is 7. The molecule has 4 heteroatoms. The highest BCUT2D eigenvalue weighted by molar-refractivity contribution is 4.74. The van der Waals surface area contributed by atoms with Crippen LogP contribution in [0.2, 0.25) is 0 Å². The molecule has 16 heavy (non-hydrogen) atoms. The smallest absolute Gasteiger partial charge is 0.166 e. The van der Waals surface area contributed by atoms with Crippen molar-refractivity contribution in [2.45, 2.75) is 39.0 Å². The molecular weight excluding hydrogens is 206 g/mol. The predicted molar refractivity (Wildman–Crippen MR) is 63.4 cm³/mol. The van der Waals surface area contributed by atoms with Crippen molar-refractivity contribution in [3.8, 4) is 0 Å². The maximum atomic E-state index is 5.55. The molecule has 1 saturated heterocycles. The average Bonchev–Trinajstić information content (AvgIpc) is 2.64. The minimum absolute atomic E-state index is 0.387. The van der Waals surface area contributed by atoms with E-state index in [-0.39, 0.29) is 5.79 Å². The van der Waals surface area contributed by atoms with Crippen LogP contribution in [0.3, 0.4) is 0 Å². The van der Waals surface area contributed by atoms with E-state index in [1.807, 2.05) is 6.92 Å². The molecule has 1 unspecified atom stereocenters. The fourth-order valence-corrected chi connectivity index (χ4v) is 1.85. The van der Waals surface area contributed by atoms with Gasteiger partial charge in [-0.3, -0.25) is 0 Å². The van der Waals surface area contributed by atoms with Gasteiger partial charge in [0.15, 0.2) is 5.79 Å². The molecule has 1 atom stereocenters. The fourth-order valence-electron chi connectivity index (χ4n) is 1.85. The summed E-state index contributed by atoms with van der Waals surface area (Å²) in [6.45, 7) is 9.45. The third-order valence-corrected chi connectivity index (χ3v) is 3.03. The van der Waals surface area contributed by atoms with Gasteiger partial charge < -0.3 is 19.5 Å². The Bertz CT molecular complexity index is 191. The van der Waals surface area contributed by atoms with Crippen molar-refractivity contribution >= 4 is 0 Å². The molecule has 1 heterocycles. The monoisotopic (exact) mass is 231 g/mol. The fraction of sp³-hybridized carbons (Fsp3) is 1.00. The van der Waals surface area contributed by atoms with E-state index in [9.17, 15) is 0 Å². The van der Waals surface area contributed by atoms with E-state index in [0.29, 0.717) is 25.2 Å². The van der Waals surface area contributed by atoms with Crippen LogP contribution >= 0.6 is 0 Å². The topological polar surface area (TPSA) is 39.7 Å². The molecule has 0 aromatic carbocycles. The summed E-state index contributed by atoms with van der Waals surface area (Å²) in [6, 6.07) is 0.398. The maximum absolute atomic E-state index is 5.55. The first-order valence-corrected chi connectivity index (χ1v) is 6.07. The first-order valence-electron chi connectivity index (χ1n) is 6.07. The Hall–Kier alpha value is -0.160. The van der Waals surface area contributed by atoms with Crippen molar-refractivity contribution in [1.82, 2.24) is 5.32 Å². The Morgan fingerprint density at radius 3 is 2.44 bits per heavy atom. The van der Waals surface area contributed by atoms with E-state index < -0.39 is 0 Å². The van der Waals surface area contributed by atoms with Crippen LogP contribution in [0.4, 0.5) is 0 Å². The molecule has 1 fully saturated rings. The van der Waals surface area contributed by atoms with Gasteiger partial charge in [0, 0.05) is 26.1 Å². The van der Waals surface area contributed by atoms with Gasteiger partial charge in [0.05, 0.1) is 19.8 Å². The lowest BCUT2D eigenvalue weighted by molar-refractivity contribution is -0.146. The van der Waals surface area contributed by atoms with E-state index in [1.165, 1.54) is 0 Å². The number of nitrogens with one attached hydrogen (secondary N) is 1. The molecule has 0 aromatic heterocycles. The summed E-state index contributed by atoms with van der Waals surface area (Å²) in [7, 11) is 1.74. The van der Waals surface area contributed by atoms with Gasteiger partial charge in [-0.05, 0) is 12.8 Å². The first-order chi connectivity index (χ1) is 7.57. The van der Waals surface area contributed by atoms with Crippen LogP contribution in [0.25, 0.3) is 0 Å². The highest BCUT2D eigenvalue weighted by Crippen LogP contribution is 2.21. The Labute approximate surface area is 98.6 Å². The van der Waals surface area contributed by atoms with Crippen LogP contribution in [0.1, 0.15) is 27.2 Å². The SMILES string of the molecule is COCC(NCCC1(C)OCCO1)C(C)C. The second kappa shape index (κ2) is 6.55. The predicted octanol–water partition coefficient (Wildman–Crippen LogP) is 1.40. The quantitative estimate of drug-likeness (QED) is 0.719. The molecule has 4 nitrogen and oxygen atoms in total. The molecule has 0 bridgehead atoms. The molecule has 0 saturated carbocycles. The van der Waals surface area contributed by atoms with Crippen molar-refractivity contribution in [2.75, 3.05) is 33.5 Å². The third-order valence-electron chi connectivity index (χ3n) is 3.03. The molecule has 1 aliphatic rings. The Balaban J connectivity index is 2.21. The zero-order chi connectivity index (χ0) is 12.0. The molecule has 0 aliphatic carbocycles. The standard InChI is InChI=1S/C12H25NO3/c1-10(2)11(9-14-4)13-6-5-12(3)15-7-8-16-12/h10-11,13H,5-9H2,1-4H3. The minimum Gasteiger partial charge on any atom is -0.383 e. The Morgan fingerprint density at radius 1 is 1.31 bits per heavy atom. The van der Waals surface area contributed by atoms with Gasteiger partial charge in [-0.2, -0.15) is 0 Å². The largest absolute Gasteiger partial charge is 0.383 e. The van der Waals surface area contributed by atoms with Gasteiger partial charge in [-0.1, -0.05) is 13.8 Å². The van der Waals surface area contributed by atoms with Crippen LogP contribution in [0.15, 0.2) is 0 Å². The molecule has 0 amide bonds. The molecular formula is C12H25NO3. The summed E-state index contributed by atoms with van der Waals surface area (Å²) in [5, 5.41) is 3.49. The molecule has 0 radical (unpaired) electrons. The molecule has 1 rings (SSSR count). The van der Waals surface area contributed by atoms with Crippen molar-refractivity contribution in [3.05, 3.63) is 0 Å². The van der Waals surface area contributed by atoms with Gasteiger partial charge >= 0.3 is 0 Å². The molecule has 1 aliphatic heterocycles. The number of methoxy groups -OCH3 is 1. The van der Waals surface area contributed by atoms with E-state index >= 15 is 0 Å². The minimum atomic E-state index is -0.387. The van der Waals surface area contributed by atoms with Crippen LogP contribution in [-0.2, 0) is 14.2 Å².